The topological polar surface area (TPSA) is 95.9 Å². The van der Waals surface area contributed by atoms with Crippen molar-refractivity contribution in [1.29, 1.82) is 0 Å². The zero-order valence-corrected chi connectivity index (χ0v) is 56.0. The number of aliphatic hydroxyl groups is 2. The molecule has 0 saturated heterocycles. The molecule has 6 nitrogen and oxygen atoms in total. The van der Waals surface area contributed by atoms with E-state index in [9.17, 15) is 19.8 Å². The molecule has 488 valence electrons. The Hall–Kier alpha value is -1.40. The van der Waals surface area contributed by atoms with E-state index in [2.05, 4.69) is 31.3 Å². The molecule has 2 unspecified atom stereocenters. The van der Waals surface area contributed by atoms with E-state index in [0.29, 0.717) is 25.9 Å². The van der Waals surface area contributed by atoms with Crippen molar-refractivity contribution in [2.75, 3.05) is 13.2 Å². The molecule has 0 saturated carbocycles. The quantitative estimate of drug-likeness (QED) is 0.0320. The van der Waals surface area contributed by atoms with E-state index in [1.54, 1.807) is 0 Å². The average molecular weight is 1160 g/mol. The van der Waals surface area contributed by atoms with E-state index in [1.807, 2.05) is 0 Å². The zero-order chi connectivity index (χ0) is 59.2. The van der Waals surface area contributed by atoms with Gasteiger partial charge in [-0.1, -0.05) is 386 Å². The summed E-state index contributed by atoms with van der Waals surface area (Å²) in [6.45, 7) is 4.97. The highest BCUT2D eigenvalue weighted by Crippen LogP contribution is 2.20. The van der Waals surface area contributed by atoms with Crippen molar-refractivity contribution >= 4 is 11.9 Å². The van der Waals surface area contributed by atoms with Crippen LogP contribution in [-0.2, 0) is 14.3 Å². The summed E-state index contributed by atoms with van der Waals surface area (Å²) in [5.41, 5.74) is 0. The Balaban J connectivity index is 3.26. The first-order chi connectivity index (χ1) is 40.5. The van der Waals surface area contributed by atoms with Gasteiger partial charge in [0.2, 0.25) is 5.91 Å². The summed E-state index contributed by atoms with van der Waals surface area (Å²) in [6, 6.07) is -0.534. The van der Waals surface area contributed by atoms with E-state index >= 15 is 0 Å². The van der Waals surface area contributed by atoms with Crippen LogP contribution in [0, 0.1) is 0 Å². The van der Waals surface area contributed by atoms with E-state index in [1.165, 1.54) is 360 Å². The average Bonchev–Trinajstić information content (AvgIpc) is 3.48. The van der Waals surface area contributed by atoms with Crippen molar-refractivity contribution in [1.82, 2.24) is 5.32 Å². The fourth-order valence-electron chi connectivity index (χ4n) is 12.3. The second-order valence-electron chi connectivity index (χ2n) is 26.3. The van der Waals surface area contributed by atoms with Crippen LogP contribution in [0.4, 0.5) is 0 Å². The van der Waals surface area contributed by atoms with Crippen molar-refractivity contribution < 1.29 is 24.5 Å². The van der Waals surface area contributed by atoms with Gasteiger partial charge < -0.3 is 20.3 Å². The number of rotatable bonds is 72. The van der Waals surface area contributed by atoms with Crippen molar-refractivity contribution in [2.45, 2.75) is 450 Å². The van der Waals surface area contributed by atoms with Crippen LogP contribution in [0.2, 0.25) is 0 Å². The van der Waals surface area contributed by atoms with Crippen LogP contribution in [0.3, 0.4) is 0 Å². The molecule has 2 atom stereocenters. The lowest BCUT2D eigenvalue weighted by Gasteiger charge is -2.22. The van der Waals surface area contributed by atoms with Gasteiger partial charge in [0.05, 0.1) is 25.4 Å². The van der Waals surface area contributed by atoms with E-state index in [-0.39, 0.29) is 18.5 Å². The summed E-state index contributed by atoms with van der Waals surface area (Å²) >= 11 is 0. The number of aliphatic hydroxyl groups excluding tert-OH is 2. The minimum atomic E-state index is -0.657. The van der Waals surface area contributed by atoms with Crippen LogP contribution in [0.1, 0.15) is 438 Å². The molecular weight excluding hydrogens is 1010 g/mol. The van der Waals surface area contributed by atoms with Gasteiger partial charge in [-0.15, -0.1) is 0 Å². The molecule has 0 fully saturated rings. The molecule has 0 spiro atoms. The minimum Gasteiger partial charge on any atom is -0.466 e. The first-order valence-corrected chi connectivity index (χ1v) is 37.9. The predicted molar refractivity (Wildman–Crippen MR) is 361 cm³/mol. The highest BCUT2D eigenvalue weighted by atomic mass is 16.5. The van der Waals surface area contributed by atoms with Gasteiger partial charge in [0.25, 0.3) is 0 Å². The van der Waals surface area contributed by atoms with Gasteiger partial charge in [0.15, 0.2) is 0 Å². The fraction of sp³-hybridized carbons (Fsp3) is 0.947. The third-order valence-electron chi connectivity index (χ3n) is 18.1. The molecule has 0 aliphatic carbocycles. The van der Waals surface area contributed by atoms with E-state index in [4.69, 9.17) is 4.74 Å². The third kappa shape index (κ3) is 67.7. The Morgan fingerprint density at radius 2 is 0.573 bits per heavy atom. The maximum Gasteiger partial charge on any atom is 0.305 e. The Labute approximate surface area is 514 Å². The first kappa shape index (κ1) is 80.6. The monoisotopic (exact) mass is 1160 g/mol. The number of allylic oxidation sites excluding steroid dienone is 2. The standard InChI is InChI=1S/C76H149NO5/c1-3-5-7-9-11-13-15-16-42-46-50-54-58-62-66-70-76(81)82-71-67-63-59-55-51-47-44-41-39-37-35-33-31-29-27-25-23-21-19-17-18-20-22-24-26-28-30-32-34-36-38-40-43-45-49-53-57-61-65-69-75(80)77-73(72-78)74(79)68-64-60-56-52-48-14-12-10-8-6-4-2/h16,42,73-74,78-79H,3-15,17-41,43-72H2,1-2H3,(H,77,80)/b42-16-. The SMILES string of the molecule is CCCCCCCC/C=C\CCCCCCCC(=O)OCCCCCCCCCCCCCCCCCCCCCCCCCCCCCCCCCCCCCCCCCC(=O)NC(CO)C(O)CCCCCCCCCCCCC. The largest absolute Gasteiger partial charge is 0.466 e. The molecule has 0 rings (SSSR count). The maximum absolute atomic E-state index is 12.5. The molecule has 82 heavy (non-hydrogen) atoms. The lowest BCUT2D eigenvalue weighted by atomic mass is 10.0. The van der Waals surface area contributed by atoms with Crippen LogP contribution in [-0.4, -0.2) is 47.4 Å². The van der Waals surface area contributed by atoms with Crippen molar-refractivity contribution in [3.63, 3.8) is 0 Å². The number of hydrogen-bond acceptors (Lipinski definition) is 5. The molecule has 0 heterocycles. The molecule has 0 aromatic heterocycles. The van der Waals surface area contributed by atoms with Crippen molar-refractivity contribution in [3.05, 3.63) is 12.2 Å². The summed E-state index contributed by atoms with van der Waals surface area (Å²) in [4.78, 5) is 24.5. The molecule has 0 aromatic rings. The van der Waals surface area contributed by atoms with Crippen LogP contribution < -0.4 is 5.32 Å². The highest BCUT2D eigenvalue weighted by Gasteiger charge is 2.20. The number of carbonyl (C=O) groups is 2. The van der Waals surface area contributed by atoms with E-state index < -0.39 is 12.1 Å². The molecule has 0 bridgehead atoms. The second-order valence-corrected chi connectivity index (χ2v) is 26.3. The second kappa shape index (κ2) is 72.1. The molecule has 1 amide bonds. The number of nitrogens with one attached hydrogen (secondary N) is 1. The van der Waals surface area contributed by atoms with Gasteiger partial charge in [-0.25, -0.2) is 0 Å². The van der Waals surface area contributed by atoms with Crippen LogP contribution in [0.5, 0.6) is 0 Å². The molecule has 0 radical (unpaired) electrons. The molecule has 6 heteroatoms. The summed E-state index contributed by atoms with van der Waals surface area (Å²) in [5, 5.41) is 23.2. The normalized spacial score (nSPS) is 12.5. The predicted octanol–water partition coefficient (Wildman–Crippen LogP) is 24.7. The van der Waals surface area contributed by atoms with Crippen LogP contribution in [0.25, 0.3) is 0 Å². The Bertz CT molecular complexity index is 1240. The molecule has 3 N–H and O–H groups in total. The van der Waals surface area contributed by atoms with Gasteiger partial charge in [0.1, 0.15) is 0 Å². The highest BCUT2D eigenvalue weighted by molar-refractivity contribution is 5.76. The van der Waals surface area contributed by atoms with Crippen molar-refractivity contribution in [3.8, 4) is 0 Å². The van der Waals surface area contributed by atoms with Crippen LogP contribution in [0.15, 0.2) is 12.2 Å². The number of hydrogen-bond donors (Lipinski definition) is 3. The van der Waals surface area contributed by atoms with Gasteiger partial charge in [-0.05, 0) is 51.4 Å². The number of ether oxygens (including phenoxy) is 1. The molecule has 0 aliphatic rings. The summed E-state index contributed by atoms with van der Waals surface area (Å²) in [6.07, 6.45) is 90.3. The lowest BCUT2D eigenvalue weighted by molar-refractivity contribution is -0.143. The Kier molecular flexibility index (Phi) is 70.8. The molecule has 0 aliphatic heterocycles. The maximum atomic E-state index is 12.5. The number of esters is 1. The summed E-state index contributed by atoms with van der Waals surface area (Å²) in [5.74, 6) is -0.0103. The first-order valence-electron chi connectivity index (χ1n) is 37.9. The summed E-state index contributed by atoms with van der Waals surface area (Å²) < 4.78 is 5.50. The Morgan fingerprint density at radius 1 is 0.329 bits per heavy atom. The smallest absolute Gasteiger partial charge is 0.305 e. The lowest BCUT2D eigenvalue weighted by Crippen LogP contribution is -2.45. The van der Waals surface area contributed by atoms with Gasteiger partial charge in [-0.2, -0.15) is 0 Å². The fourth-order valence-corrected chi connectivity index (χ4v) is 12.3. The van der Waals surface area contributed by atoms with Gasteiger partial charge in [0, 0.05) is 12.8 Å². The van der Waals surface area contributed by atoms with Gasteiger partial charge in [-0.3, -0.25) is 9.59 Å². The van der Waals surface area contributed by atoms with E-state index in [0.717, 1.165) is 44.9 Å². The minimum absolute atomic E-state index is 0.0169. The summed E-state index contributed by atoms with van der Waals surface area (Å²) in [7, 11) is 0. The molecule has 0 aromatic carbocycles. The third-order valence-corrected chi connectivity index (χ3v) is 18.1. The zero-order valence-electron chi connectivity index (χ0n) is 56.0. The number of amides is 1. The number of carbonyl (C=O) groups excluding carboxylic acids is 2. The van der Waals surface area contributed by atoms with Crippen molar-refractivity contribution in [2.24, 2.45) is 0 Å². The number of unbranched alkanes of at least 4 members (excludes halogenated alkanes) is 59. The molecular formula is C76H149NO5. The van der Waals surface area contributed by atoms with Gasteiger partial charge >= 0.3 is 5.97 Å². The Morgan fingerprint density at radius 3 is 0.866 bits per heavy atom. The van der Waals surface area contributed by atoms with Crippen LogP contribution >= 0.6 is 0 Å².